The van der Waals surface area contributed by atoms with E-state index in [-0.39, 0.29) is 149 Å². The third-order valence-electron chi connectivity index (χ3n) is 0. The van der Waals surface area contributed by atoms with E-state index in [1.807, 2.05) is 0 Å². The minimum absolute atomic E-state index is 0. The van der Waals surface area contributed by atoms with Gasteiger partial charge in [-0.15, -0.1) is 95.9 Å². The molecule has 0 saturated heterocycles. The van der Waals surface area contributed by atoms with Gasteiger partial charge in [0.2, 0.25) is 0 Å². The minimum atomic E-state index is 0. The SMILES string of the molecule is C#N.I.I.I.I.[H-].[K+]. The zero-order valence-electron chi connectivity index (χ0n) is 4.66. The Balaban J connectivity index is -0.000000000333. The normalized spacial score (nSPS) is 0.286. The van der Waals surface area contributed by atoms with Crippen LogP contribution in [0.1, 0.15) is 1.43 Å². The summed E-state index contributed by atoms with van der Waals surface area (Å²) in [6.07, 6.45) is 0. The molecule has 6 heteroatoms. The Hall–Kier alpha value is 4.05. The molecule has 0 amide bonds. The molecule has 0 aliphatic rings. The third-order valence-corrected chi connectivity index (χ3v) is 0. The molecule has 7 heavy (non-hydrogen) atoms. The van der Waals surface area contributed by atoms with E-state index in [0.29, 0.717) is 0 Å². The predicted octanol–water partition coefficient (Wildman–Crippen LogP) is -0.272. The van der Waals surface area contributed by atoms with Crippen molar-refractivity contribution in [1.82, 2.24) is 0 Å². The van der Waals surface area contributed by atoms with Gasteiger partial charge < -0.3 is 1.43 Å². The molecule has 0 atom stereocenters. The average Bonchev–Trinajstić information content (AvgIpc) is 1.00. The van der Waals surface area contributed by atoms with Crippen LogP contribution in [-0.2, 0) is 0 Å². The van der Waals surface area contributed by atoms with Gasteiger partial charge in [0.05, 0.1) is 0 Å². The van der Waals surface area contributed by atoms with Gasteiger partial charge in [-0.2, -0.15) is 0 Å². The van der Waals surface area contributed by atoms with Crippen molar-refractivity contribution in [3.63, 3.8) is 0 Å². The molecule has 0 aliphatic heterocycles. The van der Waals surface area contributed by atoms with Crippen LogP contribution in [0.5, 0.6) is 0 Å². The molecule has 0 fully saturated rings. The Labute approximate surface area is 156 Å². The molecule has 0 radical (unpaired) electrons. The van der Waals surface area contributed by atoms with Gasteiger partial charge in [0.15, 0.2) is 0 Å². The average molecular weight is 579 g/mol. The topological polar surface area (TPSA) is 23.8 Å². The van der Waals surface area contributed by atoms with Crippen LogP contribution < -0.4 is 51.4 Å². The van der Waals surface area contributed by atoms with E-state index >= 15 is 0 Å². The second-order valence-electron chi connectivity index (χ2n) is 0. The second-order valence-corrected chi connectivity index (χ2v) is 0. The van der Waals surface area contributed by atoms with E-state index in [1.165, 1.54) is 0 Å². The van der Waals surface area contributed by atoms with Crippen molar-refractivity contribution in [1.29, 1.82) is 5.26 Å². The fourth-order valence-corrected chi connectivity index (χ4v) is 0. The van der Waals surface area contributed by atoms with Crippen LogP contribution in [0.3, 0.4) is 0 Å². The number of hydrogen-bond acceptors (Lipinski definition) is 1. The molecule has 0 aliphatic carbocycles. The van der Waals surface area contributed by atoms with E-state index in [4.69, 9.17) is 5.26 Å². The van der Waals surface area contributed by atoms with E-state index in [9.17, 15) is 0 Å². The van der Waals surface area contributed by atoms with Crippen LogP contribution in [0.25, 0.3) is 0 Å². The van der Waals surface area contributed by atoms with Gasteiger partial charge >= 0.3 is 51.4 Å². The molecule has 1 nitrogen and oxygen atoms in total. The first-order chi connectivity index (χ1) is 1.00. The molecular formula is CH6I4KN. The Morgan fingerprint density at radius 3 is 0.857 bits per heavy atom. The summed E-state index contributed by atoms with van der Waals surface area (Å²) < 4.78 is 0. The standard InChI is InChI=1S/CHN.4HI.K.H/c1-2;;;;;;/h1H;4*1H;;/q;;;;;+1;-1. The van der Waals surface area contributed by atoms with Gasteiger partial charge in [0, 0.05) is 6.57 Å². The monoisotopic (exact) mass is 579 g/mol. The summed E-state index contributed by atoms with van der Waals surface area (Å²) in [5, 5.41) is 6.50. The summed E-state index contributed by atoms with van der Waals surface area (Å²) >= 11 is 0. The van der Waals surface area contributed by atoms with Crippen molar-refractivity contribution >= 4 is 95.9 Å². The molecule has 0 spiro atoms. The van der Waals surface area contributed by atoms with Crippen molar-refractivity contribution < 1.29 is 52.8 Å². The fourth-order valence-electron chi connectivity index (χ4n) is 0. The van der Waals surface area contributed by atoms with Crippen molar-refractivity contribution in [3.8, 4) is 6.57 Å². The largest absolute Gasteiger partial charge is 1.00 e. The first-order valence-corrected chi connectivity index (χ1v) is 0.258. The Kier molecular flexibility index (Phi) is 314. The van der Waals surface area contributed by atoms with Crippen molar-refractivity contribution in [2.24, 2.45) is 0 Å². The second kappa shape index (κ2) is 50.2. The molecule has 0 aromatic rings. The summed E-state index contributed by atoms with van der Waals surface area (Å²) in [6, 6.07) is 0. The number of nitriles is 1. The molecule has 0 aromatic heterocycles. The predicted molar refractivity (Wildman–Crippen MR) is 69.4 cm³/mol. The van der Waals surface area contributed by atoms with E-state index < -0.39 is 0 Å². The van der Waals surface area contributed by atoms with Gasteiger partial charge in [0.1, 0.15) is 0 Å². The zero-order chi connectivity index (χ0) is 2.00. The number of hydrogen-bond donors (Lipinski definition) is 0. The van der Waals surface area contributed by atoms with Gasteiger partial charge in [-0.25, -0.2) is 5.26 Å². The minimum Gasteiger partial charge on any atom is -1.00 e. The van der Waals surface area contributed by atoms with Crippen LogP contribution >= 0.6 is 95.9 Å². The van der Waals surface area contributed by atoms with Gasteiger partial charge in [-0.05, 0) is 0 Å². The third kappa shape index (κ3) is 39.7. The molecule has 0 bridgehead atoms. The van der Waals surface area contributed by atoms with Crippen LogP contribution in [0.15, 0.2) is 0 Å². The molecule has 0 aromatic carbocycles. The maximum absolute atomic E-state index is 6.50. The summed E-state index contributed by atoms with van der Waals surface area (Å²) in [5.41, 5.74) is 0. The molecule has 0 heterocycles. The van der Waals surface area contributed by atoms with Crippen LogP contribution in [0.4, 0.5) is 0 Å². The Morgan fingerprint density at radius 2 is 0.857 bits per heavy atom. The smallest absolute Gasteiger partial charge is 1.00 e. The van der Waals surface area contributed by atoms with Crippen LogP contribution in [0, 0.1) is 11.8 Å². The summed E-state index contributed by atoms with van der Waals surface area (Å²) in [6.45, 7) is 3.50. The van der Waals surface area contributed by atoms with Crippen LogP contribution in [0.2, 0.25) is 0 Å². The Morgan fingerprint density at radius 1 is 0.857 bits per heavy atom. The molecule has 0 unspecified atom stereocenters. The molecule has 44 valence electrons. The first-order valence-electron chi connectivity index (χ1n) is 0.258. The molecular weight excluding hydrogens is 573 g/mol. The molecule has 0 N–H and O–H groups in total. The maximum Gasteiger partial charge on any atom is 1.00 e. The fraction of sp³-hybridized carbons (Fsp3) is 0. The summed E-state index contributed by atoms with van der Waals surface area (Å²) in [7, 11) is 0. The first kappa shape index (κ1) is 43.8. The van der Waals surface area contributed by atoms with Gasteiger partial charge in [0.25, 0.3) is 0 Å². The van der Waals surface area contributed by atoms with Gasteiger partial charge in [-0.3, -0.25) is 0 Å². The van der Waals surface area contributed by atoms with E-state index in [0.717, 1.165) is 0 Å². The van der Waals surface area contributed by atoms with Crippen molar-refractivity contribution in [2.45, 2.75) is 0 Å². The summed E-state index contributed by atoms with van der Waals surface area (Å²) in [5.74, 6) is 0. The van der Waals surface area contributed by atoms with E-state index in [2.05, 4.69) is 6.57 Å². The number of nitrogens with zero attached hydrogens (tertiary/aromatic N) is 1. The Bertz CT molecular complexity index is 20.8. The maximum atomic E-state index is 6.50. The summed E-state index contributed by atoms with van der Waals surface area (Å²) in [4.78, 5) is 0. The van der Waals surface area contributed by atoms with Crippen molar-refractivity contribution in [3.05, 3.63) is 0 Å². The van der Waals surface area contributed by atoms with Gasteiger partial charge in [-0.1, -0.05) is 0 Å². The quantitative estimate of drug-likeness (QED) is 0.287. The molecule has 0 rings (SSSR count). The number of halogens is 4. The van der Waals surface area contributed by atoms with Crippen molar-refractivity contribution in [2.75, 3.05) is 0 Å². The van der Waals surface area contributed by atoms with E-state index in [1.54, 1.807) is 0 Å². The zero-order valence-corrected chi connectivity index (χ0v) is 16.1. The molecule has 0 saturated carbocycles. The number of rotatable bonds is 0. The van der Waals surface area contributed by atoms with Crippen LogP contribution in [-0.4, -0.2) is 0 Å².